The first-order chi connectivity index (χ1) is 65.4. The minimum absolute atomic E-state index is 0.930. The summed E-state index contributed by atoms with van der Waals surface area (Å²) in [5.41, 5.74) is 35.5. The molecule has 0 amide bonds. The van der Waals surface area contributed by atoms with Crippen LogP contribution in [0, 0.1) is 34.4 Å². The van der Waals surface area contributed by atoms with E-state index in [1.807, 2.05) is 0 Å². The van der Waals surface area contributed by atoms with Crippen LogP contribution in [0.1, 0.15) is 235 Å². The number of benzene rings is 14. The lowest BCUT2D eigenvalue weighted by Crippen LogP contribution is -2.49. The van der Waals surface area contributed by atoms with Gasteiger partial charge in [0.1, 0.15) is 0 Å². The Hall–Kier alpha value is -13.1. The average molecular weight is 1760 g/mol. The Morgan fingerprint density at radius 3 is 0.508 bits per heavy atom. The van der Waals surface area contributed by atoms with Crippen molar-refractivity contribution in [3.05, 3.63) is 491 Å². The monoisotopic (exact) mass is 1760 g/mol. The summed E-state index contributed by atoms with van der Waals surface area (Å²) in [5.74, 6) is 11.5. The number of unbranched alkanes of at least 4 members (excludes halogenated alkanes) is 20. The number of allylic oxidation sites excluding steroid dienone is 6. The third-order valence-corrected chi connectivity index (χ3v) is 38.7. The molecule has 14 aromatic carbocycles. The van der Waals surface area contributed by atoms with Crippen molar-refractivity contribution in [1.82, 2.24) is 0 Å². The average Bonchev–Trinajstić information content (AvgIpc) is 1.54. The molecule has 14 aromatic rings. The molecule has 0 saturated heterocycles. The van der Waals surface area contributed by atoms with E-state index in [1.54, 1.807) is 0 Å². The van der Waals surface area contributed by atoms with Crippen molar-refractivity contribution in [1.29, 1.82) is 0 Å². The number of hydrogen-bond acceptors (Lipinski definition) is 0. The zero-order valence-electron chi connectivity index (χ0n) is 78.2. The molecule has 0 atom stereocenters. The molecule has 0 unspecified atom stereocenters. The van der Waals surface area contributed by atoms with Gasteiger partial charge in [-0.05, 0) is 161 Å². The lowest BCUT2D eigenvalue weighted by molar-refractivity contribution is 0.579. The fraction of sp³-hybridized carbons (Fsp3) is 0.209. The zero-order valence-corrected chi connectivity index (χ0v) is 81.2. The maximum absolute atomic E-state index is 4.20. The molecule has 3 heterocycles. The van der Waals surface area contributed by atoms with Crippen LogP contribution < -0.4 is 10.4 Å². The van der Waals surface area contributed by atoms with E-state index in [4.69, 9.17) is 0 Å². The summed E-state index contributed by atoms with van der Waals surface area (Å²) < 4.78 is 0. The van der Waals surface area contributed by atoms with Crippen molar-refractivity contribution in [3.63, 3.8) is 0 Å². The van der Waals surface area contributed by atoms with E-state index in [2.05, 4.69) is 486 Å². The van der Waals surface area contributed by atoms with Crippen LogP contribution >= 0.6 is 0 Å². The van der Waals surface area contributed by atoms with Gasteiger partial charge in [0.05, 0.1) is 0 Å². The maximum Gasteiger partial charge on any atom is 0.232 e. The predicted molar refractivity (Wildman–Crippen MR) is 580 cm³/mol. The van der Waals surface area contributed by atoms with Crippen molar-refractivity contribution < 1.29 is 0 Å². The van der Waals surface area contributed by atoms with Gasteiger partial charge in [0, 0.05) is 19.3 Å². The van der Waals surface area contributed by atoms with Crippen LogP contribution in [0.5, 0.6) is 0 Å². The van der Waals surface area contributed by atoms with Gasteiger partial charge in [0.2, 0.25) is 16.1 Å². The van der Waals surface area contributed by atoms with E-state index in [1.165, 1.54) is 257 Å². The first-order valence-electron chi connectivity index (χ1n) is 49.2. The molecular formula is C129H128Si3. The Bertz CT molecular complexity index is 6070. The molecular weight excluding hydrogens is 1630 g/mol. The zero-order chi connectivity index (χ0) is 90.5. The van der Waals surface area contributed by atoms with E-state index in [0.717, 1.165) is 32.1 Å². The molecule has 3 aliphatic heterocycles. The molecule has 0 nitrogen and oxygen atoms in total. The predicted octanol–water partition coefficient (Wildman–Crippen LogP) is 33.4. The molecule has 3 aliphatic rings. The van der Waals surface area contributed by atoms with Crippen molar-refractivity contribution in [2.45, 2.75) is 175 Å². The fourth-order valence-electron chi connectivity index (χ4n) is 20.1. The first-order valence-corrected chi connectivity index (χ1v) is 55.7. The molecule has 17 rings (SSSR count). The largest absolute Gasteiger partial charge is 0.232 e. The topological polar surface area (TPSA) is 0 Å². The molecule has 0 fully saturated rings. The van der Waals surface area contributed by atoms with Gasteiger partial charge in [-0.2, -0.15) is 0 Å². The first kappa shape index (κ1) is 93.5. The van der Waals surface area contributed by atoms with Gasteiger partial charge >= 0.3 is 0 Å². The summed E-state index contributed by atoms with van der Waals surface area (Å²) in [5, 5.41) is 11.2. The Morgan fingerprint density at radius 1 is 0.159 bits per heavy atom. The Balaban J connectivity index is 0.000000152. The van der Waals surface area contributed by atoms with Gasteiger partial charge in [0.15, 0.2) is 8.07 Å². The minimum atomic E-state index is -2.93. The third-order valence-electron chi connectivity index (χ3n) is 26.3. The maximum atomic E-state index is 4.20. The molecule has 0 bridgehead atoms. The lowest BCUT2D eigenvalue weighted by atomic mass is 9.89. The Kier molecular flexibility index (Phi) is 34.5. The summed E-state index contributed by atoms with van der Waals surface area (Å²) in [4.78, 5) is 0. The second kappa shape index (κ2) is 48.7. The molecule has 0 saturated carbocycles. The fourth-order valence-corrected chi connectivity index (χ4v) is 33.7. The van der Waals surface area contributed by atoms with Crippen molar-refractivity contribution >= 4 is 99.2 Å². The second-order valence-electron chi connectivity index (χ2n) is 35.4. The Morgan fingerprint density at radius 2 is 0.311 bits per heavy atom. The van der Waals surface area contributed by atoms with Gasteiger partial charge in [0.25, 0.3) is 0 Å². The minimum Gasteiger partial charge on any atom is -0.120 e. The highest BCUT2D eigenvalue weighted by Gasteiger charge is 2.54. The van der Waals surface area contributed by atoms with Crippen LogP contribution in [0.25, 0.3) is 64.6 Å². The quantitative estimate of drug-likeness (QED) is 0.0214. The van der Waals surface area contributed by atoms with Crippen molar-refractivity contribution in [3.8, 4) is 34.4 Å². The van der Waals surface area contributed by atoms with Crippen molar-refractivity contribution in [2.75, 3.05) is 0 Å². The normalized spacial score (nSPS) is 14.0. The van der Waals surface area contributed by atoms with E-state index in [9.17, 15) is 0 Å². The van der Waals surface area contributed by atoms with Crippen LogP contribution in [0.3, 0.4) is 0 Å². The molecule has 3 heteroatoms. The van der Waals surface area contributed by atoms with Gasteiger partial charge < -0.3 is 0 Å². The highest BCUT2D eigenvalue weighted by molar-refractivity contribution is 7.27. The highest BCUT2D eigenvalue weighted by atomic mass is 28.3. The molecule has 0 spiro atoms. The third kappa shape index (κ3) is 22.2. The standard InChI is InChI=1S/C46H46Si.C44H42Si.C39H40Si/c1-2-3-4-5-6-7-8-9-10-26-37-47(42-35-24-15-25-36-42)45(40-31-20-13-21-32-40)43(38-27-16-11-17-28-38)44(39-29-18-12-19-30-39)46(47)41-33-22-14-23-34-41;1-2-3-4-5-6-7-8-24-35-45(40-33-22-13-23-34-40)43(38-29-18-11-19-30-38)41(36-25-14-9-15-26-36)42(37-27-16-10-17-28-37)44(45)39-31-20-12-21-32-39;1-3-4-5-6-7-8-9-22-31-40(2)38(34-27-18-12-19-28-34)36(32-23-14-10-15-24-32)37(33-25-16-11-17-26-33)39(40)35-29-20-13-21-30-35/h11-25,27-36H,2-10H2,1H3;9-23,25-34H,2-8H2,1H3;10-21,23-30H,3-9H2,1-2H3. The van der Waals surface area contributed by atoms with E-state index < -0.39 is 24.2 Å². The van der Waals surface area contributed by atoms with E-state index >= 15 is 0 Å². The smallest absolute Gasteiger partial charge is 0.120 e. The molecule has 0 aromatic heterocycles. The van der Waals surface area contributed by atoms with Crippen LogP contribution in [0.15, 0.2) is 425 Å². The molecule has 0 aliphatic carbocycles. The van der Waals surface area contributed by atoms with Crippen LogP contribution in [-0.4, -0.2) is 24.2 Å². The summed E-state index contributed by atoms with van der Waals surface area (Å²) in [6.45, 7) is 9.34. The number of rotatable bonds is 34. The van der Waals surface area contributed by atoms with E-state index in [-0.39, 0.29) is 0 Å². The number of hydrogen-bond donors (Lipinski definition) is 0. The van der Waals surface area contributed by atoms with Crippen LogP contribution in [-0.2, 0) is 0 Å². The molecule has 656 valence electrons. The summed E-state index contributed by atoms with van der Waals surface area (Å²) in [6.07, 6.45) is 28.7. The van der Waals surface area contributed by atoms with Crippen molar-refractivity contribution in [2.24, 2.45) is 0 Å². The SMILES string of the molecule is CCCCCCCCC#C[Si]1(C)C(c2ccccc2)=C(c2ccccc2)C(c2ccccc2)=C1c1ccccc1.CCCCCCCCC#C[Si]1(c2ccccc2)C(c2ccccc2)=C(c2ccccc2)C(c2ccccc2)=C1c1ccccc1.CCCCCCCCCCC#C[Si]1(c2ccccc2)C(c2ccccc2)=C(c2ccccc2)C(c2ccccc2)=C1c1ccccc1. The molecule has 0 radical (unpaired) electrons. The summed E-state index contributed by atoms with van der Waals surface area (Å²) >= 11 is 0. The Labute approximate surface area is 794 Å². The summed E-state index contributed by atoms with van der Waals surface area (Å²) in [6, 6.07) is 155. The highest BCUT2D eigenvalue weighted by Crippen LogP contribution is 2.59. The van der Waals surface area contributed by atoms with E-state index in [0.29, 0.717) is 0 Å². The lowest BCUT2D eigenvalue weighted by Gasteiger charge is -2.30. The molecule has 0 N–H and O–H groups in total. The van der Waals surface area contributed by atoms with Gasteiger partial charge in [-0.25, -0.2) is 0 Å². The van der Waals surface area contributed by atoms with Gasteiger partial charge in [-0.1, -0.05) is 561 Å². The van der Waals surface area contributed by atoms with Crippen LogP contribution in [0.2, 0.25) is 6.55 Å². The van der Waals surface area contributed by atoms with Gasteiger partial charge in [-0.15, -0.1) is 34.4 Å². The summed E-state index contributed by atoms with van der Waals surface area (Å²) in [7, 11) is -8.36. The van der Waals surface area contributed by atoms with Gasteiger partial charge in [-0.3, -0.25) is 0 Å². The second-order valence-corrected chi connectivity index (χ2v) is 45.6. The molecule has 132 heavy (non-hydrogen) atoms. The van der Waals surface area contributed by atoms with Crippen LogP contribution in [0.4, 0.5) is 0 Å².